The minimum atomic E-state index is -0.462. The zero-order valence-corrected chi connectivity index (χ0v) is 16.1. The van der Waals surface area contributed by atoms with E-state index in [2.05, 4.69) is 10.6 Å². The summed E-state index contributed by atoms with van der Waals surface area (Å²) in [7, 11) is 1.62. The lowest BCUT2D eigenvalue weighted by atomic mass is 9.90. The number of carbonyl (C=O) groups excluding carboxylic acids is 1. The second kappa shape index (κ2) is 7.33. The van der Waals surface area contributed by atoms with Crippen LogP contribution in [0.5, 0.6) is 5.75 Å². The lowest BCUT2D eigenvalue weighted by Gasteiger charge is -2.31. The fraction of sp³-hybridized carbons (Fsp3) is 0.300. The largest absolute Gasteiger partial charge is 0.496 e. The molecule has 2 aromatic carbocycles. The molecule has 0 aromatic heterocycles. The first-order valence-corrected chi connectivity index (χ1v) is 8.88. The van der Waals surface area contributed by atoms with Crippen LogP contribution < -0.4 is 15.4 Å². The first-order valence-electron chi connectivity index (χ1n) is 8.47. The molecule has 0 radical (unpaired) electrons. The Morgan fingerprint density at radius 3 is 2.62 bits per heavy atom. The molecule has 0 saturated carbocycles. The summed E-state index contributed by atoms with van der Waals surface area (Å²) in [5, 5.41) is 8.76. The Bertz CT molecular complexity index is 905. The number of nitrogens with one attached hydrogen (secondary N) is 2. The van der Waals surface area contributed by atoms with Crippen molar-refractivity contribution >= 4 is 34.1 Å². The molecule has 0 unspecified atom stereocenters. The number of methoxy groups -OCH3 is 1. The number of allylic oxidation sites excluding steroid dienone is 1. The van der Waals surface area contributed by atoms with Crippen molar-refractivity contribution in [3.8, 4) is 5.75 Å². The molecule has 0 bridgehead atoms. The van der Waals surface area contributed by atoms with Crippen LogP contribution in [0.15, 0.2) is 47.7 Å². The van der Waals surface area contributed by atoms with Gasteiger partial charge in [-0.2, -0.15) is 0 Å². The molecule has 0 aliphatic carbocycles. The fourth-order valence-corrected chi connectivity index (χ4v) is 3.48. The maximum atomic E-state index is 12.8. The number of hydrogen-bond donors (Lipinski definition) is 2. The summed E-state index contributed by atoms with van der Waals surface area (Å²) in [6.45, 7) is 5.49. The molecule has 1 aliphatic heterocycles. The summed E-state index contributed by atoms with van der Waals surface area (Å²) in [6, 6.07) is 11.4. The Morgan fingerprint density at radius 2 is 1.92 bits per heavy atom. The molecule has 1 heterocycles. The van der Waals surface area contributed by atoms with Crippen LogP contribution >= 0.6 is 12.2 Å². The van der Waals surface area contributed by atoms with Gasteiger partial charge in [0.1, 0.15) is 5.75 Å². The Morgan fingerprint density at radius 1 is 1.19 bits per heavy atom. The third-order valence-corrected chi connectivity index (χ3v) is 4.49. The van der Waals surface area contributed by atoms with Crippen molar-refractivity contribution in [3.63, 3.8) is 0 Å². The van der Waals surface area contributed by atoms with Crippen molar-refractivity contribution in [2.75, 3.05) is 7.11 Å². The van der Waals surface area contributed by atoms with Crippen LogP contribution in [0.3, 0.4) is 0 Å². The standard InChI is InChI=1S/C20H22N2O3S/c1-11(2)25-19(23)16-12(3)21-20(26)22-18(16)17-14-8-6-5-7-13(14)9-10-15(17)24-4/h5-11,18H,1-4H3,(H2,21,22,26)/t18-/m1/s1. The van der Waals surface area contributed by atoms with Crippen molar-refractivity contribution in [2.24, 2.45) is 0 Å². The van der Waals surface area contributed by atoms with E-state index in [1.807, 2.05) is 57.2 Å². The first kappa shape index (κ1) is 18.2. The number of esters is 1. The highest BCUT2D eigenvalue weighted by atomic mass is 32.1. The Hall–Kier alpha value is -2.60. The third kappa shape index (κ3) is 3.37. The van der Waals surface area contributed by atoms with Gasteiger partial charge in [0.2, 0.25) is 0 Å². The van der Waals surface area contributed by atoms with Gasteiger partial charge in [-0.3, -0.25) is 0 Å². The number of hydrogen-bond acceptors (Lipinski definition) is 4. The molecule has 2 aromatic rings. The van der Waals surface area contributed by atoms with E-state index < -0.39 is 6.04 Å². The van der Waals surface area contributed by atoms with Crippen LogP contribution in [0.4, 0.5) is 0 Å². The average molecular weight is 370 g/mol. The van der Waals surface area contributed by atoms with Crippen LogP contribution in [0.1, 0.15) is 32.4 Å². The molecule has 0 saturated heterocycles. The average Bonchev–Trinajstić information content (AvgIpc) is 2.59. The summed E-state index contributed by atoms with van der Waals surface area (Å²) in [6.07, 6.45) is -0.216. The van der Waals surface area contributed by atoms with Gasteiger partial charge in [0.25, 0.3) is 0 Å². The first-order chi connectivity index (χ1) is 12.4. The van der Waals surface area contributed by atoms with E-state index in [0.717, 1.165) is 16.3 Å². The minimum absolute atomic E-state index is 0.216. The van der Waals surface area contributed by atoms with E-state index >= 15 is 0 Å². The molecular weight excluding hydrogens is 348 g/mol. The highest BCUT2D eigenvalue weighted by Crippen LogP contribution is 2.38. The highest BCUT2D eigenvalue weighted by molar-refractivity contribution is 7.80. The van der Waals surface area contributed by atoms with Crippen LogP contribution in [-0.2, 0) is 9.53 Å². The van der Waals surface area contributed by atoms with E-state index in [-0.39, 0.29) is 12.1 Å². The second-order valence-electron chi connectivity index (χ2n) is 6.43. The molecule has 136 valence electrons. The van der Waals surface area contributed by atoms with E-state index in [0.29, 0.717) is 22.1 Å². The van der Waals surface area contributed by atoms with E-state index in [1.54, 1.807) is 7.11 Å². The van der Waals surface area contributed by atoms with Gasteiger partial charge >= 0.3 is 5.97 Å². The predicted octanol–water partition coefficient (Wildman–Crippen LogP) is 3.59. The normalized spacial score (nSPS) is 17.1. The van der Waals surface area contributed by atoms with Gasteiger partial charge in [-0.1, -0.05) is 30.3 Å². The quantitative estimate of drug-likeness (QED) is 0.634. The molecule has 3 rings (SSSR count). The Labute approximate surface area is 158 Å². The molecule has 5 nitrogen and oxygen atoms in total. The molecule has 1 atom stereocenters. The van der Waals surface area contributed by atoms with Crippen LogP contribution in [0.2, 0.25) is 0 Å². The maximum Gasteiger partial charge on any atom is 0.338 e. The van der Waals surface area contributed by atoms with Crippen molar-refractivity contribution in [3.05, 3.63) is 53.2 Å². The van der Waals surface area contributed by atoms with Crippen molar-refractivity contribution in [1.82, 2.24) is 10.6 Å². The number of ether oxygens (including phenoxy) is 2. The molecule has 0 spiro atoms. The van der Waals surface area contributed by atoms with Gasteiger partial charge in [0.15, 0.2) is 5.11 Å². The summed E-state index contributed by atoms with van der Waals surface area (Å²) in [4.78, 5) is 12.8. The smallest absolute Gasteiger partial charge is 0.338 e. The SMILES string of the molecule is COc1ccc2ccccc2c1[C@@H]1NC(=S)NC(C)=C1C(=O)OC(C)C. The van der Waals surface area contributed by atoms with Crippen LogP contribution in [-0.4, -0.2) is 24.3 Å². The molecular formula is C20H22N2O3S. The lowest BCUT2D eigenvalue weighted by molar-refractivity contribution is -0.143. The summed E-state index contributed by atoms with van der Waals surface area (Å²) < 4.78 is 11.1. The molecule has 6 heteroatoms. The van der Waals surface area contributed by atoms with E-state index in [9.17, 15) is 4.79 Å². The Kier molecular flexibility index (Phi) is 5.13. The molecule has 0 fully saturated rings. The van der Waals surface area contributed by atoms with Gasteiger partial charge in [-0.25, -0.2) is 4.79 Å². The van der Waals surface area contributed by atoms with Crippen LogP contribution in [0.25, 0.3) is 10.8 Å². The van der Waals surface area contributed by atoms with Gasteiger partial charge in [-0.05, 0) is 49.8 Å². The van der Waals surface area contributed by atoms with Crippen molar-refractivity contribution < 1.29 is 14.3 Å². The topological polar surface area (TPSA) is 59.6 Å². The monoisotopic (exact) mass is 370 g/mol. The number of rotatable bonds is 4. The summed E-state index contributed by atoms with van der Waals surface area (Å²) >= 11 is 5.34. The van der Waals surface area contributed by atoms with Gasteiger partial charge in [0.05, 0.1) is 24.8 Å². The van der Waals surface area contributed by atoms with Gasteiger partial charge in [-0.15, -0.1) is 0 Å². The lowest BCUT2D eigenvalue weighted by Crippen LogP contribution is -2.45. The molecule has 1 aliphatic rings. The van der Waals surface area contributed by atoms with Crippen molar-refractivity contribution in [2.45, 2.75) is 32.9 Å². The van der Waals surface area contributed by atoms with E-state index in [4.69, 9.17) is 21.7 Å². The van der Waals surface area contributed by atoms with E-state index in [1.165, 1.54) is 0 Å². The van der Waals surface area contributed by atoms with Crippen molar-refractivity contribution in [1.29, 1.82) is 0 Å². The van der Waals surface area contributed by atoms with Gasteiger partial charge in [0, 0.05) is 11.3 Å². The number of carbonyl (C=O) groups is 1. The third-order valence-electron chi connectivity index (χ3n) is 4.27. The van der Waals surface area contributed by atoms with Gasteiger partial charge < -0.3 is 20.1 Å². The second-order valence-corrected chi connectivity index (χ2v) is 6.84. The summed E-state index contributed by atoms with van der Waals surface area (Å²) in [5.74, 6) is 0.313. The predicted molar refractivity (Wildman–Crippen MR) is 106 cm³/mol. The number of benzene rings is 2. The molecule has 0 amide bonds. The highest BCUT2D eigenvalue weighted by Gasteiger charge is 2.34. The zero-order chi connectivity index (χ0) is 18.8. The number of thiocarbonyl (C=S) groups is 1. The summed E-state index contributed by atoms with van der Waals surface area (Å²) in [5.41, 5.74) is 2.05. The Balaban J connectivity index is 2.22. The minimum Gasteiger partial charge on any atom is -0.496 e. The van der Waals surface area contributed by atoms with Crippen LogP contribution in [0, 0.1) is 0 Å². The fourth-order valence-electron chi connectivity index (χ4n) is 3.21. The molecule has 26 heavy (non-hydrogen) atoms. The zero-order valence-electron chi connectivity index (χ0n) is 15.3. The molecule has 2 N–H and O–H groups in total. The maximum absolute atomic E-state index is 12.8. The number of fused-ring (bicyclic) bond motifs is 1.